The average molecular weight is 563 g/mol. The van der Waals surface area contributed by atoms with Gasteiger partial charge in [-0.1, -0.05) is 18.2 Å². The maximum atomic E-state index is 14.0. The lowest BCUT2D eigenvalue weighted by molar-refractivity contribution is -0.138. The van der Waals surface area contributed by atoms with Crippen LogP contribution in [0, 0.1) is 0 Å². The topological polar surface area (TPSA) is 124 Å². The zero-order valence-electron chi connectivity index (χ0n) is 24.3. The van der Waals surface area contributed by atoms with E-state index in [1.54, 1.807) is 74.9 Å². The number of aryl methyl sites for hydroxylation is 2. The fourth-order valence-corrected chi connectivity index (χ4v) is 5.09. The second kappa shape index (κ2) is 12.5. The van der Waals surface area contributed by atoms with E-state index >= 15 is 0 Å². The SMILES string of the molecule is CC(C)O.COc1ccccc1CCn1c(=O)n(C(C)(C)C(=O)N2CCCC2)c(=O)c2cc(-n3nccn3)ccc21. The Bertz CT molecular complexity index is 1610. The van der Waals surface area contributed by atoms with Gasteiger partial charge in [0.25, 0.3) is 5.56 Å². The summed E-state index contributed by atoms with van der Waals surface area (Å²) in [6.07, 6.45) is 5.26. The fraction of sp³-hybridized carbons (Fsp3) is 0.433. The van der Waals surface area contributed by atoms with Crippen molar-refractivity contribution in [3.63, 3.8) is 0 Å². The number of fused-ring (bicyclic) bond motifs is 1. The molecule has 4 aromatic rings. The van der Waals surface area contributed by atoms with E-state index in [1.165, 1.54) is 4.80 Å². The first-order chi connectivity index (χ1) is 19.6. The first-order valence-corrected chi connectivity index (χ1v) is 13.8. The molecule has 0 aliphatic carbocycles. The quantitative estimate of drug-likeness (QED) is 0.367. The number of aliphatic hydroxyl groups excluding tert-OH is 1. The highest BCUT2D eigenvalue weighted by atomic mass is 16.5. The summed E-state index contributed by atoms with van der Waals surface area (Å²) in [7, 11) is 1.61. The van der Waals surface area contributed by atoms with Crippen molar-refractivity contribution in [3.8, 4) is 11.4 Å². The molecular formula is C30H38N6O5. The van der Waals surface area contributed by atoms with Crippen LogP contribution in [0.3, 0.4) is 0 Å². The minimum absolute atomic E-state index is 0.167. The highest BCUT2D eigenvalue weighted by molar-refractivity contribution is 5.85. The minimum Gasteiger partial charge on any atom is -0.496 e. The molecule has 3 heterocycles. The standard InChI is InChI=1S/C27H30N6O4.C3H8O/c1-27(2,25(35)30-15-6-7-16-30)32-24(34)21-18-20(33-28-13-14-29-33)10-11-22(21)31(26(32)36)17-12-19-8-4-5-9-23(19)37-3;1-3(2)4/h4-5,8-11,13-14,18H,6-7,12,15-17H2,1-3H3;3-4H,1-2H3. The molecule has 11 nitrogen and oxygen atoms in total. The molecule has 5 rings (SSSR count). The number of carbonyl (C=O) groups is 1. The van der Waals surface area contributed by atoms with Crippen molar-refractivity contribution in [1.82, 2.24) is 29.0 Å². The summed E-state index contributed by atoms with van der Waals surface area (Å²) in [4.78, 5) is 44.5. The zero-order chi connectivity index (χ0) is 29.7. The Morgan fingerprint density at radius 2 is 1.68 bits per heavy atom. The van der Waals surface area contributed by atoms with E-state index < -0.39 is 16.8 Å². The highest BCUT2D eigenvalue weighted by Crippen LogP contribution is 2.23. The maximum absolute atomic E-state index is 14.0. The van der Waals surface area contributed by atoms with E-state index in [2.05, 4.69) is 10.2 Å². The molecule has 1 saturated heterocycles. The predicted molar refractivity (Wildman–Crippen MR) is 157 cm³/mol. The molecule has 0 saturated carbocycles. The van der Waals surface area contributed by atoms with Crippen LogP contribution in [0.15, 0.2) is 64.4 Å². The maximum Gasteiger partial charge on any atom is 0.332 e. The van der Waals surface area contributed by atoms with Crippen LogP contribution in [-0.4, -0.2) is 66.3 Å². The van der Waals surface area contributed by atoms with Gasteiger partial charge in [0, 0.05) is 25.7 Å². The molecule has 0 spiro atoms. The summed E-state index contributed by atoms with van der Waals surface area (Å²) in [6, 6.07) is 12.8. The zero-order valence-corrected chi connectivity index (χ0v) is 24.3. The van der Waals surface area contributed by atoms with Gasteiger partial charge in [0.1, 0.15) is 11.3 Å². The fourth-order valence-electron chi connectivity index (χ4n) is 5.09. The van der Waals surface area contributed by atoms with Gasteiger partial charge >= 0.3 is 5.69 Å². The van der Waals surface area contributed by atoms with Gasteiger partial charge in [-0.05, 0) is 76.8 Å². The number of hydrogen-bond donors (Lipinski definition) is 1. The van der Waals surface area contributed by atoms with Crippen LogP contribution in [0.2, 0.25) is 0 Å². The molecule has 2 aromatic heterocycles. The van der Waals surface area contributed by atoms with Gasteiger partial charge in [0.05, 0.1) is 36.1 Å². The van der Waals surface area contributed by atoms with Crippen LogP contribution in [0.4, 0.5) is 0 Å². The number of amides is 1. The number of benzene rings is 2. The third-order valence-electron chi connectivity index (χ3n) is 7.05. The molecule has 2 aromatic carbocycles. The number of hydrogen-bond acceptors (Lipinski definition) is 7. The molecule has 0 unspecified atom stereocenters. The number of nitrogens with zero attached hydrogens (tertiary/aromatic N) is 6. The van der Waals surface area contributed by atoms with Crippen LogP contribution >= 0.6 is 0 Å². The Morgan fingerprint density at radius 1 is 1.05 bits per heavy atom. The number of aliphatic hydroxyl groups is 1. The number of rotatable bonds is 7. The van der Waals surface area contributed by atoms with Gasteiger partial charge in [0.15, 0.2) is 0 Å². The number of ether oxygens (including phenoxy) is 1. The van der Waals surface area contributed by atoms with Gasteiger partial charge in [-0.25, -0.2) is 9.36 Å². The number of likely N-dealkylation sites (tertiary alicyclic amines) is 1. The van der Waals surface area contributed by atoms with E-state index in [-0.39, 0.29) is 12.0 Å². The van der Waals surface area contributed by atoms with Crippen LogP contribution in [0.5, 0.6) is 5.75 Å². The van der Waals surface area contributed by atoms with Gasteiger partial charge in [-0.2, -0.15) is 15.0 Å². The Kier molecular flexibility index (Phi) is 9.07. The number of aromatic nitrogens is 5. The summed E-state index contributed by atoms with van der Waals surface area (Å²) in [6.45, 7) is 8.28. The molecule has 1 aliphatic heterocycles. The van der Waals surface area contributed by atoms with Crippen molar-refractivity contribution in [3.05, 3.63) is 81.3 Å². The summed E-state index contributed by atoms with van der Waals surface area (Å²) in [5.74, 6) is 0.495. The molecule has 41 heavy (non-hydrogen) atoms. The Hall–Kier alpha value is -4.25. The lowest BCUT2D eigenvalue weighted by Crippen LogP contribution is -2.56. The molecule has 0 atom stereocenters. The number of methoxy groups -OCH3 is 1. The van der Waals surface area contributed by atoms with Crippen molar-refractivity contribution < 1.29 is 14.6 Å². The minimum atomic E-state index is -1.36. The molecule has 218 valence electrons. The molecule has 1 aliphatic rings. The third-order valence-corrected chi connectivity index (χ3v) is 7.05. The lowest BCUT2D eigenvalue weighted by atomic mass is 10.0. The molecule has 1 fully saturated rings. The molecule has 1 N–H and O–H groups in total. The van der Waals surface area contributed by atoms with E-state index in [4.69, 9.17) is 9.84 Å². The van der Waals surface area contributed by atoms with Crippen molar-refractivity contribution in [2.75, 3.05) is 20.2 Å². The van der Waals surface area contributed by atoms with Gasteiger partial charge in [-0.3, -0.25) is 14.2 Å². The second-order valence-electron chi connectivity index (χ2n) is 10.8. The van der Waals surface area contributed by atoms with Gasteiger partial charge in [0.2, 0.25) is 5.91 Å². The summed E-state index contributed by atoms with van der Waals surface area (Å²) in [5, 5.41) is 16.7. The van der Waals surface area contributed by atoms with Crippen LogP contribution in [0.25, 0.3) is 16.6 Å². The molecule has 0 radical (unpaired) electrons. The van der Waals surface area contributed by atoms with Crippen molar-refractivity contribution in [1.29, 1.82) is 0 Å². The molecule has 0 bridgehead atoms. The normalized spacial score (nSPS) is 13.4. The Balaban J connectivity index is 0.000000909. The Labute approximate surface area is 238 Å². The van der Waals surface area contributed by atoms with Gasteiger partial charge in [-0.15, -0.1) is 0 Å². The monoisotopic (exact) mass is 562 g/mol. The average Bonchev–Trinajstić information content (AvgIpc) is 3.67. The van der Waals surface area contributed by atoms with Crippen molar-refractivity contribution in [2.24, 2.45) is 0 Å². The van der Waals surface area contributed by atoms with Crippen LogP contribution in [-0.2, 0) is 23.3 Å². The molecule has 1 amide bonds. The summed E-state index contributed by atoms with van der Waals surface area (Å²) in [5.41, 5.74) is -0.387. The lowest BCUT2D eigenvalue weighted by Gasteiger charge is -2.31. The van der Waals surface area contributed by atoms with Crippen LogP contribution in [0.1, 0.15) is 46.1 Å². The smallest absolute Gasteiger partial charge is 0.332 e. The number of para-hydroxylation sites is 1. The van der Waals surface area contributed by atoms with Crippen molar-refractivity contribution in [2.45, 2.75) is 65.1 Å². The largest absolute Gasteiger partial charge is 0.496 e. The van der Waals surface area contributed by atoms with E-state index in [0.717, 1.165) is 28.7 Å². The first kappa shape index (κ1) is 29.7. The van der Waals surface area contributed by atoms with E-state index in [0.29, 0.717) is 42.6 Å². The second-order valence-corrected chi connectivity index (χ2v) is 10.8. The predicted octanol–water partition coefficient (Wildman–Crippen LogP) is 2.74. The van der Waals surface area contributed by atoms with Crippen molar-refractivity contribution >= 4 is 16.8 Å². The van der Waals surface area contributed by atoms with Crippen LogP contribution < -0.4 is 16.0 Å². The summed E-state index contributed by atoms with van der Waals surface area (Å²) >= 11 is 0. The molecule has 11 heteroatoms. The third kappa shape index (κ3) is 6.25. The summed E-state index contributed by atoms with van der Waals surface area (Å²) < 4.78 is 8.17. The van der Waals surface area contributed by atoms with E-state index in [1.807, 2.05) is 24.3 Å². The highest BCUT2D eigenvalue weighted by Gasteiger charge is 2.38. The van der Waals surface area contributed by atoms with Gasteiger partial charge < -0.3 is 14.7 Å². The number of carbonyl (C=O) groups excluding carboxylic acids is 1. The van der Waals surface area contributed by atoms with E-state index in [9.17, 15) is 14.4 Å². The first-order valence-electron chi connectivity index (χ1n) is 13.8. The molecular weight excluding hydrogens is 524 g/mol. The Morgan fingerprint density at radius 3 is 2.32 bits per heavy atom.